The highest BCUT2D eigenvalue weighted by Crippen LogP contribution is 2.38. The van der Waals surface area contributed by atoms with E-state index in [0.717, 1.165) is 4.47 Å². The van der Waals surface area contributed by atoms with E-state index in [4.69, 9.17) is 4.74 Å². The summed E-state index contributed by atoms with van der Waals surface area (Å²) in [5.41, 5.74) is 0.301. The quantitative estimate of drug-likeness (QED) is 0.228. The number of carbonyl (C=O) groups excluding carboxylic acids is 1. The number of pyridine rings is 1. The number of aliphatic hydroxyl groups excluding tert-OH is 1. The molecule has 1 fully saturated rings. The summed E-state index contributed by atoms with van der Waals surface area (Å²) in [5.74, 6) is -1.66. The molecule has 8 nitrogen and oxygen atoms in total. The molecule has 0 aliphatic carbocycles. The van der Waals surface area contributed by atoms with Crippen molar-refractivity contribution in [1.29, 1.82) is 0 Å². The van der Waals surface area contributed by atoms with Crippen LogP contribution in [0.5, 0.6) is 0 Å². The van der Waals surface area contributed by atoms with E-state index in [0.29, 0.717) is 5.56 Å². The number of nitro benzene ring substituents is 1. The van der Waals surface area contributed by atoms with Crippen molar-refractivity contribution in [2.45, 2.75) is 6.10 Å². The number of carbonyl (C=O) groups is 1. The van der Waals surface area contributed by atoms with Crippen LogP contribution in [0.1, 0.15) is 17.2 Å². The third-order valence-electron chi connectivity index (χ3n) is 4.64. The monoisotopic (exact) mass is 497 g/mol. The van der Waals surface area contributed by atoms with E-state index < -0.39 is 28.4 Å². The Balaban J connectivity index is 1.81. The van der Waals surface area contributed by atoms with Gasteiger partial charge in [0.1, 0.15) is 11.6 Å². The van der Waals surface area contributed by atoms with Crippen LogP contribution < -0.4 is 0 Å². The smallest absolute Gasteiger partial charge is 0.269 e. The molecule has 32 heavy (non-hydrogen) atoms. The molecular formula is C22H13BrFN3O5. The molecule has 0 unspecified atom stereocenters. The predicted octanol–water partition coefficient (Wildman–Crippen LogP) is 5.23. The van der Waals surface area contributed by atoms with Gasteiger partial charge < -0.3 is 9.84 Å². The molecule has 0 saturated carbocycles. The maximum Gasteiger partial charge on any atom is 0.269 e. The van der Waals surface area contributed by atoms with E-state index in [2.05, 4.69) is 25.9 Å². The van der Waals surface area contributed by atoms with Crippen LogP contribution in [0.2, 0.25) is 0 Å². The van der Waals surface area contributed by atoms with E-state index in [1.807, 2.05) is 0 Å². The molecule has 0 bridgehead atoms. The summed E-state index contributed by atoms with van der Waals surface area (Å²) < 4.78 is 19.9. The number of ether oxygens (including phenoxy) is 1. The minimum absolute atomic E-state index is 0.124. The lowest BCUT2D eigenvalue weighted by Crippen LogP contribution is -2.09. The molecule has 0 radical (unpaired) electrons. The van der Waals surface area contributed by atoms with Crippen molar-refractivity contribution < 1.29 is 24.0 Å². The first-order valence-corrected chi connectivity index (χ1v) is 9.98. The van der Waals surface area contributed by atoms with Crippen LogP contribution in [0.25, 0.3) is 5.76 Å². The zero-order valence-corrected chi connectivity index (χ0v) is 17.7. The number of non-ortho nitro benzene ring substituents is 1. The fourth-order valence-corrected chi connectivity index (χ4v) is 3.31. The second kappa shape index (κ2) is 8.67. The van der Waals surface area contributed by atoms with E-state index in [-0.39, 0.29) is 28.5 Å². The van der Waals surface area contributed by atoms with Crippen molar-refractivity contribution in [2.24, 2.45) is 4.99 Å². The highest BCUT2D eigenvalue weighted by molar-refractivity contribution is 9.10. The third-order valence-corrected chi connectivity index (χ3v) is 5.11. The van der Waals surface area contributed by atoms with Gasteiger partial charge in [-0.25, -0.2) is 9.37 Å². The first kappa shape index (κ1) is 21.3. The second-order valence-corrected chi connectivity index (χ2v) is 7.61. The second-order valence-electron chi connectivity index (χ2n) is 6.70. The number of aromatic nitrogens is 1. The van der Waals surface area contributed by atoms with Crippen molar-refractivity contribution >= 4 is 44.9 Å². The van der Waals surface area contributed by atoms with Crippen LogP contribution in [0.15, 0.2) is 81.9 Å². The molecule has 1 saturated heterocycles. The fourth-order valence-electron chi connectivity index (χ4n) is 3.07. The summed E-state index contributed by atoms with van der Waals surface area (Å²) >= 11 is 3.26. The van der Waals surface area contributed by atoms with Crippen molar-refractivity contribution in [3.63, 3.8) is 0 Å². The number of aliphatic imine (C=N–C) groups is 1. The van der Waals surface area contributed by atoms with E-state index >= 15 is 0 Å². The first-order valence-electron chi connectivity index (χ1n) is 9.18. The van der Waals surface area contributed by atoms with Crippen molar-refractivity contribution in [1.82, 2.24) is 4.98 Å². The lowest BCUT2D eigenvalue weighted by molar-refractivity contribution is -0.384. The first-order chi connectivity index (χ1) is 15.3. The lowest BCUT2D eigenvalue weighted by Gasteiger charge is -2.13. The Kier molecular flexibility index (Phi) is 5.78. The number of hydrogen-bond acceptors (Lipinski definition) is 7. The van der Waals surface area contributed by atoms with Gasteiger partial charge in [0.15, 0.2) is 11.9 Å². The van der Waals surface area contributed by atoms with Crippen LogP contribution >= 0.6 is 15.9 Å². The van der Waals surface area contributed by atoms with Gasteiger partial charge in [-0.05, 0) is 57.9 Å². The minimum atomic E-state index is -1.06. The normalized spacial score (nSPS) is 18.5. The van der Waals surface area contributed by atoms with E-state index in [1.54, 1.807) is 12.1 Å². The Labute approximate surface area is 189 Å². The zero-order valence-electron chi connectivity index (χ0n) is 16.1. The summed E-state index contributed by atoms with van der Waals surface area (Å²) in [6.07, 6.45) is 0.439. The lowest BCUT2D eigenvalue weighted by atomic mass is 9.96. The number of halogens is 2. The van der Waals surface area contributed by atoms with Crippen LogP contribution in [0.3, 0.4) is 0 Å². The molecular weight excluding hydrogens is 485 g/mol. The molecule has 1 aromatic heterocycles. The Morgan fingerprint density at radius 2 is 1.81 bits per heavy atom. The summed E-state index contributed by atoms with van der Waals surface area (Å²) in [6.45, 7) is 0. The van der Waals surface area contributed by atoms with Gasteiger partial charge in [-0.2, -0.15) is 4.99 Å². The number of rotatable bonds is 4. The molecule has 1 atom stereocenters. The van der Waals surface area contributed by atoms with Crippen molar-refractivity contribution in [2.75, 3.05) is 0 Å². The van der Waals surface area contributed by atoms with Gasteiger partial charge >= 0.3 is 0 Å². The van der Waals surface area contributed by atoms with E-state index in [9.17, 15) is 24.4 Å². The SMILES string of the molecule is O=C1C(=Nc2ccc(Br)cn2)O[C@H](c2ccc(F)cc2)C1=C(O)c1ccc([N+](=O)[O-])cc1. The Bertz CT molecular complexity index is 1260. The number of ketones is 1. The third kappa shape index (κ3) is 4.26. The molecule has 1 aliphatic heterocycles. The average Bonchev–Trinajstić information content (AvgIpc) is 3.11. The highest BCUT2D eigenvalue weighted by Gasteiger charge is 2.41. The Hall–Kier alpha value is -3.92. The number of hydrogen-bond donors (Lipinski definition) is 1. The maximum atomic E-state index is 13.4. The van der Waals surface area contributed by atoms with Gasteiger partial charge in [-0.15, -0.1) is 0 Å². The summed E-state index contributed by atoms with van der Waals surface area (Å²) in [7, 11) is 0. The summed E-state index contributed by atoms with van der Waals surface area (Å²) in [5, 5.41) is 21.8. The standard InChI is InChI=1S/C22H13BrFN3O5/c23-14-5-10-17(25-11-14)26-22-20(29)18(21(32-22)13-1-6-15(24)7-2-13)19(28)12-3-8-16(9-4-12)27(30)31/h1-11,21,28H/t21-/m1/s1. The highest BCUT2D eigenvalue weighted by atomic mass is 79.9. The van der Waals surface area contributed by atoms with Crippen LogP contribution in [-0.2, 0) is 9.53 Å². The molecule has 0 amide bonds. The topological polar surface area (TPSA) is 115 Å². The number of nitro groups is 1. The molecule has 1 aliphatic rings. The molecule has 160 valence electrons. The molecule has 4 rings (SSSR count). The van der Waals surface area contributed by atoms with Crippen LogP contribution in [-0.4, -0.2) is 26.7 Å². The zero-order chi connectivity index (χ0) is 22.8. The predicted molar refractivity (Wildman–Crippen MR) is 117 cm³/mol. The number of aliphatic hydroxyl groups is 1. The van der Waals surface area contributed by atoms with Crippen molar-refractivity contribution in [3.05, 3.63) is 104 Å². The average molecular weight is 498 g/mol. The minimum Gasteiger partial charge on any atom is -0.507 e. The fraction of sp³-hybridized carbons (Fsp3) is 0.0455. The maximum absolute atomic E-state index is 13.4. The summed E-state index contributed by atoms with van der Waals surface area (Å²) in [4.78, 5) is 31.7. The largest absolute Gasteiger partial charge is 0.507 e. The van der Waals surface area contributed by atoms with Gasteiger partial charge in [0.05, 0.1) is 10.5 Å². The summed E-state index contributed by atoms with van der Waals surface area (Å²) in [6, 6.07) is 13.6. The van der Waals surface area contributed by atoms with Crippen LogP contribution in [0, 0.1) is 15.9 Å². The van der Waals surface area contributed by atoms with Gasteiger partial charge in [0.25, 0.3) is 17.4 Å². The molecule has 1 N–H and O–H groups in total. The van der Waals surface area contributed by atoms with Gasteiger partial charge in [-0.1, -0.05) is 12.1 Å². The number of nitrogens with zero attached hydrogens (tertiary/aromatic N) is 3. The number of Topliss-reactive ketones (excluding diaryl/α,β-unsaturated/α-hetero) is 1. The molecule has 3 aromatic rings. The van der Waals surface area contributed by atoms with Crippen molar-refractivity contribution in [3.8, 4) is 0 Å². The molecule has 0 spiro atoms. The van der Waals surface area contributed by atoms with Gasteiger partial charge in [0.2, 0.25) is 0 Å². The Morgan fingerprint density at radius 3 is 2.41 bits per heavy atom. The molecule has 10 heteroatoms. The van der Waals surface area contributed by atoms with Crippen LogP contribution in [0.4, 0.5) is 15.9 Å². The van der Waals surface area contributed by atoms with Gasteiger partial charge in [-0.3, -0.25) is 14.9 Å². The Morgan fingerprint density at radius 1 is 1.12 bits per heavy atom. The molecule has 2 heterocycles. The van der Waals surface area contributed by atoms with Gasteiger partial charge in [0, 0.05) is 28.4 Å². The molecule has 2 aromatic carbocycles. The number of benzene rings is 2. The van der Waals surface area contributed by atoms with E-state index in [1.165, 1.54) is 54.7 Å².